The number of carbonyl (C=O) groups excluding carboxylic acids is 2. The Hall–Kier alpha value is -1.68. The molecule has 0 radical (unpaired) electrons. The van der Waals surface area contributed by atoms with Crippen molar-refractivity contribution in [2.45, 2.75) is 25.8 Å². The third kappa shape index (κ3) is 2.16. The quantitative estimate of drug-likeness (QED) is 0.814. The summed E-state index contributed by atoms with van der Waals surface area (Å²) in [4.78, 5) is 26.1. The molecule has 1 aromatic rings. The van der Waals surface area contributed by atoms with Crippen LogP contribution in [0.1, 0.15) is 24.8 Å². The molecule has 3 rings (SSSR count). The minimum Gasteiger partial charge on any atom is -0.316 e. The summed E-state index contributed by atoms with van der Waals surface area (Å²) in [5.41, 5.74) is 0.537. The molecule has 0 bridgehead atoms. The van der Waals surface area contributed by atoms with Crippen LogP contribution in [-0.2, 0) is 16.1 Å². The van der Waals surface area contributed by atoms with Gasteiger partial charge in [-0.15, -0.1) is 0 Å². The Morgan fingerprint density at radius 3 is 2.68 bits per heavy atom. The SMILES string of the molecule is O=C1C[C@@]2(CCCNC2)C(=O)N1Cc1ccccc1. The Kier molecular flexibility index (Phi) is 3.11. The summed E-state index contributed by atoms with van der Waals surface area (Å²) in [5, 5.41) is 3.25. The molecule has 2 aliphatic rings. The number of hydrogen-bond donors (Lipinski definition) is 1. The van der Waals surface area contributed by atoms with Gasteiger partial charge in [0.05, 0.1) is 12.0 Å². The fraction of sp³-hybridized carbons (Fsp3) is 0.467. The molecule has 0 unspecified atom stereocenters. The molecule has 0 aromatic heterocycles. The van der Waals surface area contributed by atoms with Crippen LogP contribution in [0.4, 0.5) is 0 Å². The Morgan fingerprint density at radius 1 is 1.21 bits per heavy atom. The summed E-state index contributed by atoms with van der Waals surface area (Å²) in [6.07, 6.45) is 2.17. The average Bonchev–Trinajstić information content (AvgIpc) is 2.66. The molecule has 0 aliphatic carbocycles. The Labute approximate surface area is 112 Å². The van der Waals surface area contributed by atoms with Crippen molar-refractivity contribution in [3.63, 3.8) is 0 Å². The molecule has 2 saturated heterocycles. The van der Waals surface area contributed by atoms with Crippen molar-refractivity contribution in [1.29, 1.82) is 0 Å². The van der Waals surface area contributed by atoms with Crippen molar-refractivity contribution in [2.24, 2.45) is 5.41 Å². The molecule has 4 heteroatoms. The molecular formula is C15H18N2O2. The second kappa shape index (κ2) is 4.78. The van der Waals surface area contributed by atoms with Gasteiger partial charge < -0.3 is 5.32 Å². The standard InChI is InChI=1S/C15H18N2O2/c18-13-9-15(7-4-8-16-11-15)14(19)17(13)10-12-5-2-1-3-6-12/h1-3,5-6,16H,4,7-11H2/t15-/m1/s1. The van der Waals surface area contributed by atoms with E-state index in [2.05, 4.69) is 5.32 Å². The number of amides is 2. The van der Waals surface area contributed by atoms with Gasteiger partial charge in [-0.25, -0.2) is 0 Å². The first kappa shape index (κ1) is 12.4. The van der Waals surface area contributed by atoms with Gasteiger partial charge in [-0.2, -0.15) is 0 Å². The zero-order valence-corrected chi connectivity index (χ0v) is 10.9. The van der Waals surface area contributed by atoms with Crippen LogP contribution < -0.4 is 5.32 Å². The van der Waals surface area contributed by atoms with Crippen molar-refractivity contribution >= 4 is 11.8 Å². The summed E-state index contributed by atoms with van der Waals surface area (Å²) in [7, 11) is 0. The monoisotopic (exact) mass is 258 g/mol. The first-order chi connectivity index (χ1) is 9.21. The molecule has 1 atom stereocenters. The van der Waals surface area contributed by atoms with Gasteiger partial charge in [0.2, 0.25) is 11.8 Å². The van der Waals surface area contributed by atoms with Crippen molar-refractivity contribution in [1.82, 2.24) is 10.2 Å². The zero-order valence-electron chi connectivity index (χ0n) is 10.9. The van der Waals surface area contributed by atoms with Crippen LogP contribution in [0.25, 0.3) is 0 Å². The summed E-state index contributed by atoms with van der Waals surface area (Å²) < 4.78 is 0. The highest BCUT2D eigenvalue weighted by Gasteiger charge is 2.51. The highest BCUT2D eigenvalue weighted by molar-refractivity contribution is 6.06. The fourth-order valence-electron chi connectivity index (χ4n) is 3.09. The number of hydrogen-bond acceptors (Lipinski definition) is 3. The Morgan fingerprint density at radius 2 is 2.00 bits per heavy atom. The van der Waals surface area contributed by atoms with Crippen molar-refractivity contribution in [3.05, 3.63) is 35.9 Å². The van der Waals surface area contributed by atoms with Gasteiger partial charge in [0.15, 0.2) is 0 Å². The minimum absolute atomic E-state index is 0.00792. The fourth-order valence-corrected chi connectivity index (χ4v) is 3.09. The molecule has 1 N–H and O–H groups in total. The predicted octanol–water partition coefficient (Wildman–Crippen LogP) is 1.32. The maximum atomic E-state index is 12.6. The van der Waals surface area contributed by atoms with Crippen molar-refractivity contribution in [2.75, 3.05) is 13.1 Å². The van der Waals surface area contributed by atoms with E-state index in [1.54, 1.807) is 0 Å². The molecule has 2 heterocycles. The van der Waals surface area contributed by atoms with E-state index in [9.17, 15) is 9.59 Å². The van der Waals surface area contributed by atoms with Crippen LogP contribution in [0.2, 0.25) is 0 Å². The van der Waals surface area contributed by atoms with Gasteiger partial charge in [-0.05, 0) is 24.9 Å². The second-order valence-corrected chi connectivity index (χ2v) is 5.51. The van der Waals surface area contributed by atoms with Crippen LogP contribution >= 0.6 is 0 Å². The van der Waals surface area contributed by atoms with E-state index in [1.807, 2.05) is 30.3 Å². The molecule has 2 amide bonds. The lowest BCUT2D eigenvalue weighted by Gasteiger charge is -2.31. The number of benzene rings is 1. The predicted molar refractivity (Wildman–Crippen MR) is 71.2 cm³/mol. The Balaban J connectivity index is 1.79. The van der Waals surface area contributed by atoms with Crippen molar-refractivity contribution in [3.8, 4) is 0 Å². The smallest absolute Gasteiger partial charge is 0.237 e. The van der Waals surface area contributed by atoms with Crippen LogP contribution in [0.15, 0.2) is 30.3 Å². The molecule has 1 aromatic carbocycles. The lowest BCUT2D eigenvalue weighted by atomic mass is 9.79. The average molecular weight is 258 g/mol. The highest BCUT2D eigenvalue weighted by Crippen LogP contribution is 2.39. The van der Waals surface area contributed by atoms with Crippen LogP contribution in [-0.4, -0.2) is 29.8 Å². The van der Waals surface area contributed by atoms with Gasteiger partial charge in [0.1, 0.15) is 0 Å². The van der Waals surface area contributed by atoms with Crippen LogP contribution in [0, 0.1) is 5.41 Å². The molecule has 1 spiro atoms. The van der Waals surface area contributed by atoms with Crippen LogP contribution in [0.5, 0.6) is 0 Å². The van der Waals surface area contributed by atoms with E-state index in [0.717, 1.165) is 24.9 Å². The van der Waals surface area contributed by atoms with E-state index in [0.29, 0.717) is 19.5 Å². The van der Waals surface area contributed by atoms with Crippen LogP contribution in [0.3, 0.4) is 0 Å². The molecule has 4 nitrogen and oxygen atoms in total. The van der Waals surface area contributed by atoms with Gasteiger partial charge in [0.25, 0.3) is 0 Å². The molecule has 100 valence electrons. The van der Waals surface area contributed by atoms with Gasteiger partial charge in [-0.3, -0.25) is 14.5 Å². The van der Waals surface area contributed by atoms with Gasteiger partial charge >= 0.3 is 0 Å². The lowest BCUT2D eigenvalue weighted by molar-refractivity contribution is -0.142. The summed E-state index contributed by atoms with van der Waals surface area (Å²) in [5.74, 6) is -0.0221. The summed E-state index contributed by atoms with van der Waals surface area (Å²) in [6.45, 7) is 1.99. The lowest BCUT2D eigenvalue weighted by Crippen LogP contribution is -2.45. The minimum atomic E-state index is -0.468. The number of piperidine rings is 1. The number of nitrogens with zero attached hydrogens (tertiary/aromatic N) is 1. The number of carbonyl (C=O) groups is 2. The van der Waals surface area contributed by atoms with Gasteiger partial charge in [0, 0.05) is 13.0 Å². The van der Waals surface area contributed by atoms with E-state index in [1.165, 1.54) is 4.90 Å². The number of likely N-dealkylation sites (tertiary alicyclic amines) is 1. The molecule has 19 heavy (non-hydrogen) atoms. The number of rotatable bonds is 2. The van der Waals surface area contributed by atoms with E-state index < -0.39 is 5.41 Å². The third-order valence-electron chi connectivity index (χ3n) is 4.15. The van der Waals surface area contributed by atoms with E-state index in [-0.39, 0.29) is 11.8 Å². The third-order valence-corrected chi connectivity index (χ3v) is 4.15. The topological polar surface area (TPSA) is 49.4 Å². The number of imide groups is 1. The molecule has 2 fully saturated rings. The first-order valence-corrected chi connectivity index (χ1v) is 6.81. The number of nitrogens with one attached hydrogen (secondary N) is 1. The summed E-state index contributed by atoms with van der Waals surface area (Å²) in [6, 6.07) is 9.69. The maximum Gasteiger partial charge on any atom is 0.237 e. The highest BCUT2D eigenvalue weighted by atomic mass is 16.2. The normalized spacial score (nSPS) is 27.3. The Bertz CT molecular complexity index is 492. The largest absolute Gasteiger partial charge is 0.316 e. The molecule has 0 saturated carbocycles. The van der Waals surface area contributed by atoms with E-state index in [4.69, 9.17) is 0 Å². The van der Waals surface area contributed by atoms with E-state index >= 15 is 0 Å². The molecule has 2 aliphatic heterocycles. The zero-order chi connectivity index (χ0) is 13.3. The summed E-state index contributed by atoms with van der Waals surface area (Å²) >= 11 is 0. The van der Waals surface area contributed by atoms with Gasteiger partial charge in [-0.1, -0.05) is 30.3 Å². The van der Waals surface area contributed by atoms with Crippen molar-refractivity contribution < 1.29 is 9.59 Å². The second-order valence-electron chi connectivity index (χ2n) is 5.51. The molecular weight excluding hydrogens is 240 g/mol. The maximum absolute atomic E-state index is 12.6. The first-order valence-electron chi connectivity index (χ1n) is 6.81.